The van der Waals surface area contributed by atoms with Gasteiger partial charge in [-0.25, -0.2) is 5.43 Å². The van der Waals surface area contributed by atoms with Gasteiger partial charge in [0.25, 0.3) is 17.5 Å². The monoisotopic (exact) mass is 518 g/mol. The fraction of sp³-hybridized carbons (Fsp3) is 0.115. The Balaban J connectivity index is 1.62. The van der Waals surface area contributed by atoms with Crippen LogP contribution in [-0.4, -0.2) is 44.0 Å². The lowest BCUT2D eigenvalue weighted by Crippen LogP contribution is -2.32. The molecule has 12 nitrogen and oxygen atoms in total. The van der Waals surface area contributed by atoms with E-state index in [1.54, 1.807) is 48.5 Å². The summed E-state index contributed by atoms with van der Waals surface area (Å²) >= 11 is 0. The zero-order valence-electron chi connectivity index (χ0n) is 20.3. The molecule has 1 aliphatic rings. The molecule has 0 spiro atoms. The van der Waals surface area contributed by atoms with Crippen LogP contribution in [0.4, 0.5) is 5.69 Å². The Hall–Kier alpha value is -5.39. The second kappa shape index (κ2) is 11.6. The molecule has 0 bridgehead atoms. The van der Waals surface area contributed by atoms with Gasteiger partial charge in [-0.1, -0.05) is 18.2 Å². The van der Waals surface area contributed by atoms with Crippen molar-refractivity contribution < 1.29 is 33.5 Å². The maximum atomic E-state index is 13.1. The fourth-order valence-corrected chi connectivity index (χ4v) is 3.46. The van der Waals surface area contributed by atoms with Crippen molar-refractivity contribution in [3.63, 3.8) is 0 Å². The van der Waals surface area contributed by atoms with Gasteiger partial charge in [-0.05, 0) is 36.4 Å². The highest BCUT2D eigenvalue weighted by Crippen LogP contribution is 2.37. The summed E-state index contributed by atoms with van der Waals surface area (Å²) in [5.41, 5.74) is 2.73. The lowest BCUT2D eigenvalue weighted by molar-refractivity contribution is -0.385. The lowest BCUT2D eigenvalue weighted by Gasteiger charge is -2.11. The highest BCUT2D eigenvalue weighted by Gasteiger charge is 2.23. The van der Waals surface area contributed by atoms with Crippen molar-refractivity contribution in [3.8, 4) is 23.0 Å². The number of ether oxygens (including phenoxy) is 4. The minimum absolute atomic E-state index is 0.0616. The van der Waals surface area contributed by atoms with E-state index < -0.39 is 16.7 Å². The van der Waals surface area contributed by atoms with Crippen LogP contribution in [0.1, 0.15) is 21.5 Å². The van der Waals surface area contributed by atoms with Crippen molar-refractivity contribution in [3.05, 3.63) is 93.2 Å². The molecule has 3 aromatic carbocycles. The molecule has 2 amide bonds. The van der Waals surface area contributed by atoms with Crippen molar-refractivity contribution in [2.24, 2.45) is 5.10 Å². The van der Waals surface area contributed by atoms with E-state index in [0.717, 1.165) is 6.21 Å². The van der Waals surface area contributed by atoms with Crippen molar-refractivity contribution in [1.82, 2.24) is 10.7 Å². The second-order valence-corrected chi connectivity index (χ2v) is 7.71. The maximum absolute atomic E-state index is 13.1. The van der Waals surface area contributed by atoms with E-state index in [-0.39, 0.29) is 29.5 Å². The minimum Gasteiger partial charge on any atom is -0.497 e. The number of rotatable bonds is 9. The first kappa shape index (κ1) is 25.7. The van der Waals surface area contributed by atoms with E-state index in [9.17, 15) is 19.7 Å². The van der Waals surface area contributed by atoms with Crippen LogP contribution >= 0.6 is 0 Å². The van der Waals surface area contributed by atoms with Crippen LogP contribution in [0.2, 0.25) is 0 Å². The van der Waals surface area contributed by atoms with Crippen LogP contribution in [0.15, 0.2) is 71.5 Å². The van der Waals surface area contributed by atoms with E-state index in [4.69, 9.17) is 18.9 Å². The smallest absolute Gasteiger partial charge is 0.287 e. The number of hydrogen-bond acceptors (Lipinski definition) is 9. The topological polar surface area (TPSA) is 151 Å². The number of carbonyl (C=O) groups excluding carboxylic acids is 2. The standard InChI is InChI=1S/C26H22N4O8/c1-35-19-9-8-17(22(12-19)36-2)10-20(28-25(31)16-6-4-3-5-7-16)26(32)29-27-14-18-11-23-24(38-15-37-23)13-21(18)30(33)34/h3-14H,15H2,1-2H3,(H,28,31)(H,29,32)/b20-10-,27-14-. The van der Waals surface area contributed by atoms with E-state index in [2.05, 4.69) is 15.8 Å². The van der Waals surface area contributed by atoms with Gasteiger partial charge in [0.15, 0.2) is 11.5 Å². The quantitative estimate of drug-likeness (QED) is 0.190. The molecule has 0 atom stereocenters. The Morgan fingerprint density at radius 2 is 1.74 bits per heavy atom. The second-order valence-electron chi connectivity index (χ2n) is 7.71. The third-order valence-electron chi connectivity index (χ3n) is 5.36. The van der Waals surface area contributed by atoms with Crippen LogP contribution in [0.3, 0.4) is 0 Å². The van der Waals surface area contributed by atoms with E-state index in [0.29, 0.717) is 28.4 Å². The van der Waals surface area contributed by atoms with Gasteiger partial charge >= 0.3 is 0 Å². The number of benzene rings is 3. The first-order valence-corrected chi connectivity index (χ1v) is 11.1. The Morgan fingerprint density at radius 1 is 1.00 bits per heavy atom. The first-order valence-electron chi connectivity index (χ1n) is 11.1. The molecule has 1 heterocycles. The molecule has 0 radical (unpaired) electrons. The van der Waals surface area contributed by atoms with Gasteiger partial charge in [0.1, 0.15) is 17.2 Å². The summed E-state index contributed by atoms with van der Waals surface area (Å²) in [6, 6.07) is 15.9. The number of methoxy groups -OCH3 is 2. The number of fused-ring (bicyclic) bond motifs is 1. The van der Waals surface area contributed by atoms with Crippen molar-refractivity contribution in [1.29, 1.82) is 0 Å². The highest BCUT2D eigenvalue weighted by atomic mass is 16.7. The van der Waals surface area contributed by atoms with Crippen molar-refractivity contribution >= 4 is 29.8 Å². The molecule has 0 unspecified atom stereocenters. The summed E-state index contributed by atoms with van der Waals surface area (Å²) in [5, 5.41) is 17.9. The summed E-state index contributed by atoms with van der Waals surface area (Å²) in [6.45, 7) is -0.0616. The van der Waals surface area contributed by atoms with Crippen LogP contribution in [0, 0.1) is 10.1 Å². The summed E-state index contributed by atoms with van der Waals surface area (Å²) in [4.78, 5) is 36.8. The van der Waals surface area contributed by atoms with Gasteiger partial charge in [-0.3, -0.25) is 19.7 Å². The first-order chi connectivity index (χ1) is 18.4. The molecule has 0 saturated carbocycles. The molecular weight excluding hydrogens is 496 g/mol. The SMILES string of the molecule is COc1ccc(/C=C(\NC(=O)c2ccccc2)C(=O)N/N=C\c2cc3c(cc2[N+](=O)[O-])OCO3)c(OC)c1. The predicted octanol–water partition coefficient (Wildman–Crippen LogP) is 3.26. The Labute approximate surface area is 216 Å². The van der Waals surface area contributed by atoms with E-state index in [1.807, 2.05) is 0 Å². The fourth-order valence-electron chi connectivity index (χ4n) is 3.46. The molecule has 194 valence electrons. The molecule has 3 aromatic rings. The molecule has 4 rings (SSSR count). The number of nitrogens with zero attached hydrogens (tertiary/aromatic N) is 2. The number of carbonyl (C=O) groups is 2. The Morgan fingerprint density at radius 3 is 2.42 bits per heavy atom. The van der Waals surface area contributed by atoms with Crippen molar-refractivity contribution in [2.45, 2.75) is 0 Å². The van der Waals surface area contributed by atoms with Gasteiger partial charge in [0.2, 0.25) is 6.79 Å². The van der Waals surface area contributed by atoms with Crippen molar-refractivity contribution in [2.75, 3.05) is 21.0 Å². The maximum Gasteiger partial charge on any atom is 0.287 e. The molecule has 0 aliphatic carbocycles. The van der Waals surface area contributed by atoms with Crippen LogP contribution in [0.25, 0.3) is 6.08 Å². The summed E-state index contributed by atoms with van der Waals surface area (Å²) in [7, 11) is 2.96. The third-order valence-corrected chi connectivity index (χ3v) is 5.36. The van der Waals surface area contributed by atoms with Crippen LogP contribution in [0.5, 0.6) is 23.0 Å². The average molecular weight is 518 g/mol. The Bertz CT molecular complexity index is 1440. The molecule has 38 heavy (non-hydrogen) atoms. The molecule has 0 saturated heterocycles. The minimum atomic E-state index is -0.785. The largest absolute Gasteiger partial charge is 0.497 e. The number of nitrogens with one attached hydrogen (secondary N) is 2. The van der Waals surface area contributed by atoms with Gasteiger partial charge in [0.05, 0.1) is 37.0 Å². The zero-order chi connectivity index (χ0) is 27.1. The number of nitro groups is 1. The summed E-state index contributed by atoms with van der Waals surface area (Å²) < 4.78 is 21.0. The zero-order valence-corrected chi connectivity index (χ0v) is 20.3. The predicted molar refractivity (Wildman–Crippen MR) is 136 cm³/mol. The van der Waals surface area contributed by atoms with Gasteiger partial charge in [0, 0.05) is 17.2 Å². The van der Waals surface area contributed by atoms with Crippen LogP contribution in [-0.2, 0) is 4.79 Å². The molecule has 0 fully saturated rings. The van der Waals surface area contributed by atoms with Gasteiger partial charge in [-0.15, -0.1) is 0 Å². The normalized spacial score (nSPS) is 12.2. The summed E-state index contributed by atoms with van der Waals surface area (Å²) in [6.07, 6.45) is 2.51. The molecular formula is C26H22N4O8. The highest BCUT2D eigenvalue weighted by molar-refractivity contribution is 6.05. The van der Waals surface area contributed by atoms with E-state index >= 15 is 0 Å². The number of amides is 2. The number of hydrazone groups is 1. The number of nitro benzene ring substituents is 1. The Kier molecular flexibility index (Phi) is 7.82. The van der Waals surface area contributed by atoms with Gasteiger partial charge < -0.3 is 24.3 Å². The number of hydrogen-bond donors (Lipinski definition) is 2. The average Bonchev–Trinajstić information content (AvgIpc) is 3.40. The summed E-state index contributed by atoms with van der Waals surface area (Å²) in [5.74, 6) is 0.156. The lowest BCUT2D eigenvalue weighted by atomic mass is 10.1. The third kappa shape index (κ3) is 5.87. The molecule has 1 aliphatic heterocycles. The van der Waals surface area contributed by atoms with Gasteiger partial charge in [-0.2, -0.15) is 5.10 Å². The molecule has 2 N–H and O–H groups in total. The molecule has 0 aromatic heterocycles. The molecule has 12 heteroatoms. The van der Waals surface area contributed by atoms with Crippen LogP contribution < -0.4 is 29.7 Å². The van der Waals surface area contributed by atoms with E-state index in [1.165, 1.54) is 32.4 Å².